The van der Waals surface area contributed by atoms with E-state index in [0.717, 1.165) is 0 Å². The van der Waals surface area contributed by atoms with Crippen LogP contribution in [0.5, 0.6) is 0 Å². The second-order valence-corrected chi connectivity index (χ2v) is 3.37. The van der Waals surface area contributed by atoms with Crippen LogP contribution in [-0.4, -0.2) is 18.1 Å². The molecule has 1 aliphatic heterocycles. The van der Waals surface area contributed by atoms with Crippen LogP contribution in [0.15, 0.2) is 24.3 Å². The van der Waals surface area contributed by atoms with Crippen molar-refractivity contribution in [3.8, 4) is 0 Å². The van der Waals surface area contributed by atoms with Gasteiger partial charge in [0.05, 0.1) is 11.3 Å². The number of carbonyl (C=O) groups is 2. The molecule has 0 spiro atoms. The number of nitrogens with zero attached hydrogens (tertiary/aromatic N) is 1. The largest absolute Gasteiger partial charge is 0.351 e. The van der Waals surface area contributed by atoms with Crippen LogP contribution in [0.3, 0.4) is 0 Å². The summed E-state index contributed by atoms with van der Waals surface area (Å²) in [6.45, 7) is 1.71. The SMILES string of the molecule is CC1NC(=O)c2ccccc2N1C(N)=O. The fourth-order valence-corrected chi connectivity index (χ4v) is 1.73. The van der Waals surface area contributed by atoms with E-state index < -0.39 is 12.2 Å². The molecule has 15 heavy (non-hydrogen) atoms. The number of urea groups is 1. The highest BCUT2D eigenvalue weighted by molar-refractivity contribution is 6.07. The van der Waals surface area contributed by atoms with Crippen molar-refractivity contribution in [2.75, 3.05) is 4.90 Å². The minimum atomic E-state index is -0.574. The van der Waals surface area contributed by atoms with E-state index in [4.69, 9.17) is 5.73 Å². The van der Waals surface area contributed by atoms with Crippen LogP contribution >= 0.6 is 0 Å². The second-order valence-electron chi connectivity index (χ2n) is 3.37. The third-order valence-electron chi connectivity index (χ3n) is 2.37. The number of carbonyl (C=O) groups excluding carboxylic acids is 2. The molecule has 1 atom stereocenters. The molecular weight excluding hydrogens is 194 g/mol. The Kier molecular flexibility index (Phi) is 2.07. The maximum atomic E-state index is 11.6. The van der Waals surface area contributed by atoms with Crippen molar-refractivity contribution in [3.05, 3.63) is 29.8 Å². The zero-order chi connectivity index (χ0) is 11.0. The molecule has 1 aliphatic rings. The van der Waals surface area contributed by atoms with E-state index in [2.05, 4.69) is 5.32 Å². The van der Waals surface area contributed by atoms with Gasteiger partial charge in [0.15, 0.2) is 0 Å². The average Bonchev–Trinajstić information content (AvgIpc) is 2.17. The molecule has 0 aromatic heterocycles. The first-order chi connectivity index (χ1) is 7.11. The average molecular weight is 205 g/mol. The molecule has 1 aromatic carbocycles. The van der Waals surface area contributed by atoms with Gasteiger partial charge in [-0.2, -0.15) is 0 Å². The minimum Gasteiger partial charge on any atom is -0.351 e. The van der Waals surface area contributed by atoms with E-state index >= 15 is 0 Å². The Morgan fingerprint density at radius 2 is 2.13 bits per heavy atom. The zero-order valence-corrected chi connectivity index (χ0v) is 8.23. The Hall–Kier alpha value is -2.04. The number of hydrogen-bond donors (Lipinski definition) is 2. The van der Waals surface area contributed by atoms with Crippen molar-refractivity contribution >= 4 is 17.6 Å². The lowest BCUT2D eigenvalue weighted by Crippen LogP contribution is -2.55. The summed E-state index contributed by atoms with van der Waals surface area (Å²) in [5, 5.41) is 2.65. The van der Waals surface area contributed by atoms with Gasteiger partial charge < -0.3 is 11.1 Å². The summed E-state index contributed by atoms with van der Waals surface area (Å²) < 4.78 is 0. The van der Waals surface area contributed by atoms with Gasteiger partial charge >= 0.3 is 6.03 Å². The molecule has 5 heteroatoms. The molecule has 0 bridgehead atoms. The van der Waals surface area contributed by atoms with Crippen molar-refractivity contribution < 1.29 is 9.59 Å². The summed E-state index contributed by atoms with van der Waals surface area (Å²) in [6.07, 6.45) is -0.412. The molecule has 3 amide bonds. The summed E-state index contributed by atoms with van der Waals surface area (Å²) in [5.74, 6) is -0.185. The molecule has 0 radical (unpaired) electrons. The lowest BCUT2D eigenvalue weighted by atomic mass is 10.1. The maximum absolute atomic E-state index is 11.6. The molecule has 0 aliphatic carbocycles. The molecule has 2 rings (SSSR count). The molecule has 1 heterocycles. The Balaban J connectivity index is 2.56. The number of hydrogen-bond acceptors (Lipinski definition) is 2. The number of anilines is 1. The van der Waals surface area contributed by atoms with E-state index in [9.17, 15) is 9.59 Å². The minimum absolute atomic E-state index is 0.185. The number of rotatable bonds is 0. The molecule has 1 aromatic rings. The topological polar surface area (TPSA) is 75.4 Å². The first-order valence-electron chi connectivity index (χ1n) is 4.60. The Morgan fingerprint density at radius 3 is 2.80 bits per heavy atom. The summed E-state index contributed by atoms with van der Waals surface area (Å²) in [4.78, 5) is 24.2. The number of primary amides is 1. The van der Waals surface area contributed by atoms with Gasteiger partial charge in [0.1, 0.15) is 6.17 Å². The van der Waals surface area contributed by atoms with Crippen molar-refractivity contribution in [2.24, 2.45) is 5.73 Å². The highest BCUT2D eigenvalue weighted by Crippen LogP contribution is 2.25. The standard InChI is InChI=1S/C10H11N3O2/c1-6-12-9(14)7-4-2-3-5-8(7)13(6)10(11)15/h2-6H,1H3,(H2,11,15)(H,12,14). The Labute approximate surface area is 86.9 Å². The van der Waals surface area contributed by atoms with Crippen LogP contribution in [0.25, 0.3) is 0 Å². The summed E-state index contributed by atoms with van der Waals surface area (Å²) in [7, 11) is 0. The number of para-hydroxylation sites is 1. The highest BCUT2D eigenvalue weighted by Gasteiger charge is 2.30. The van der Waals surface area contributed by atoms with Crippen molar-refractivity contribution in [1.82, 2.24) is 5.32 Å². The van der Waals surface area contributed by atoms with Gasteiger partial charge in [-0.3, -0.25) is 9.69 Å². The van der Waals surface area contributed by atoms with Crippen molar-refractivity contribution in [1.29, 1.82) is 0 Å². The molecule has 5 nitrogen and oxygen atoms in total. The van der Waals surface area contributed by atoms with Crippen LogP contribution in [0.4, 0.5) is 10.5 Å². The second kappa shape index (κ2) is 3.27. The molecule has 0 saturated carbocycles. The highest BCUT2D eigenvalue weighted by atomic mass is 16.2. The number of fused-ring (bicyclic) bond motifs is 1. The van der Waals surface area contributed by atoms with Crippen LogP contribution in [-0.2, 0) is 0 Å². The van der Waals surface area contributed by atoms with Gasteiger partial charge in [0.25, 0.3) is 5.91 Å². The fraction of sp³-hybridized carbons (Fsp3) is 0.200. The van der Waals surface area contributed by atoms with Gasteiger partial charge in [-0.15, -0.1) is 0 Å². The summed E-state index contributed by atoms with van der Waals surface area (Å²) >= 11 is 0. The van der Waals surface area contributed by atoms with E-state index in [1.165, 1.54) is 4.90 Å². The first kappa shape index (κ1) is 9.51. The molecule has 78 valence electrons. The van der Waals surface area contributed by atoms with E-state index in [1.807, 2.05) is 0 Å². The van der Waals surface area contributed by atoms with Crippen LogP contribution in [0, 0.1) is 0 Å². The van der Waals surface area contributed by atoms with Gasteiger partial charge in [-0.05, 0) is 19.1 Å². The van der Waals surface area contributed by atoms with Gasteiger partial charge in [-0.1, -0.05) is 12.1 Å². The van der Waals surface area contributed by atoms with Crippen LogP contribution in [0.1, 0.15) is 17.3 Å². The lowest BCUT2D eigenvalue weighted by Gasteiger charge is -2.33. The van der Waals surface area contributed by atoms with E-state index in [0.29, 0.717) is 11.3 Å². The number of nitrogens with one attached hydrogen (secondary N) is 1. The smallest absolute Gasteiger partial charge is 0.320 e. The normalized spacial score (nSPS) is 19.4. The van der Waals surface area contributed by atoms with Crippen molar-refractivity contribution in [3.63, 3.8) is 0 Å². The third kappa shape index (κ3) is 1.41. The Bertz CT molecular complexity index is 430. The molecule has 0 saturated heterocycles. The first-order valence-corrected chi connectivity index (χ1v) is 4.60. The molecule has 3 N–H and O–H groups in total. The quantitative estimate of drug-likeness (QED) is 0.652. The summed E-state index contributed by atoms with van der Waals surface area (Å²) in [5.41, 5.74) is 6.28. The van der Waals surface area contributed by atoms with Crippen LogP contribution < -0.4 is 16.0 Å². The predicted octanol–water partition coefficient (Wildman–Crippen LogP) is 0.661. The lowest BCUT2D eigenvalue weighted by molar-refractivity contribution is 0.0933. The van der Waals surface area contributed by atoms with Gasteiger partial charge in [0.2, 0.25) is 0 Å². The van der Waals surface area contributed by atoms with Crippen molar-refractivity contribution in [2.45, 2.75) is 13.1 Å². The maximum Gasteiger partial charge on any atom is 0.320 e. The fourth-order valence-electron chi connectivity index (χ4n) is 1.73. The number of amides is 3. The molecular formula is C10H11N3O2. The van der Waals surface area contributed by atoms with E-state index in [1.54, 1.807) is 31.2 Å². The van der Waals surface area contributed by atoms with Gasteiger partial charge in [-0.25, -0.2) is 4.79 Å². The van der Waals surface area contributed by atoms with E-state index in [-0.39, 0.29) is 5.91 Å². The predicted molar refractivity (Wildman–Crippen MR) is 55.4 cm³/mol. The van der Waals surface area contributed by atoms with Crippen LogP contribution in [0.2, 0.25) is 0 Å². The molecule has 0 fully saturated rings. The van der Waals surface area contributed by atoms with Gasteiger partial charge in [0, 0.05) is 0 Å². The Morgan fingerprint density at radius 1 is 1.47 bits per heavy atom. The monoisotopic (exact) mass is 205 g/mol. The zero-order valence-electron chi connectivity index (χ0n) is 8.23. The number of benzene rings is 1. The number of nitrogens with two attached hydrogens (primary N) is 1. The molecule has 1 unspecified atom stereocenters. The third-order valence-corrected chi connectivity index (χ3v) is 2.37. The summed E-state index contributed by atoms with van der Waals surface area (Å²) in [6, 6.07) is 6.30.